The summed E-state index contributed by atoms with van der Waals surface area (Å²) in [6.45, 7) is 1.34. The standard InChI is InChI=1S/C11H11FO/c1-9(13)7-11(12)8-10-5-3-2-4-6-10/h2-7H,8H2,1H3/b11-7-. The largest absolute Gasteiger partial charge is 0.295 e. The number of benzene rings is 1. The van der Waals surface area contributed by atoms with Crippen molar-refractivity contribution in [1.82, 2.24) is 0 Å². The Morgan fingerprint density at radius 1 is 1.38 bits per heavy atom. The average Bonchev–Trinajstić information content (AvgIpc) is 2.04. The van der Waals surface area contributed by atoms with E-state index in [0.717, 1.165) is 11.6 Å². The fourth-order valence-electron chi connectivity index (χ4n) is 1.06. The maximum Gasteiger partial charge on any atom is 0.155 e. The highest BCUT2D eigenvalue weighted by atomic mass is 19.1. The lowest BCUT2D eigenvalue weighted by molar-refractivity contribution is -0.112. The first kappa shape index (κ1) is 9.65. The van der Waals surface area contributed by atoms with Gasteiger partial charge in [0.1, 0.15) is 5.83 Å². The third kappa shape index (κ3) is 3.65. The van der Waals surface area contributed by atoms with E-state index in [1.54, 1.807) is 0 Å². The zero-order valence-corrected chi connectivity index (χ0v) is 7.46. The second-order valence-electron chi connectivity index (χ2n) is 2.86. The van der Waals surface area contributed by atoms with E-state index in [0.29, 0.717) is 0 Å². The van der Waals surface area contributed by atoms with E-state index in [1.165, 1.54) is 6.92 Å². The van der Waals surface area contributed by atoms with Crippen LogP contribution in [-0.4, -0.2) is 5.78 Å². The van der Waals surface area contributed by atoms with Gasteiger partial charge < -0.3 is 0 Å². The van der Waals surface area contributed by atoms with Gasteiger partial charge in [-0.05, 0) is 12.5 Å². The minimum absolute atomic E-state index is 0.195. The second-order valence-corrected chi connectivity index (χ2v) is 2.86. The van der Waals surface area contributed by atoms with Gasteiger partial charge in [-0.3, -0.25) is 4.79 Å². The third-order valence-electron chi connectivity index (χ3n) is 1.58. The number of hydrogen-bond donors (Lipinski definition) is 0. The summed E-state index contributed by atoms with van der Waals surface area (Å²) < 4.78 is 13.0. The molecule has 0 unspecified atom stereocenters. The van der Waals surface area contributed by atoms with Gasteiger partial charge in [0.15, 0.2) is 5.78 Å². The van der Waals surface area contributed by atoms with E-state index in [9.17, 15) is 9.18 Å². The van der Waals surface area contributed by atoms with Crippen molar-refractivity contribution in [1.29, 1.82) is 0 Å². The summed E-state index contributed by atoms with van der Waals surface area (Å²) in [7, 11) is 0. The van der Waals surface area contributed by atoms with Crippen LogP contribution in [-0.2, 0) is 11.2 Å². The molecule has 0 aliphatic carbocycles. The predicted octanol–water partition coefficient (Wildman–Crippen LogP) is 2.67. The van der Waals surface area contributed by atoms with Gasteiger partial charge in [0.25, 0.3) is 0 Å². The molecule has 1 aromatic rings. The molecule has 0 heterocycles. The molecule has 0 amide bonds. The van der Waals surface area contributed by atoms with Gasteiger partial charge in [0.05, 0.1) is 0 Å². The van der Waals surface area contributed by atoms with Crippen LogP contribution >= 0.6 is 0 Å². The van der Waals surface area contributed by atoms with E-state index in [2.05, 4.69) is 0 Å². The lowest BCUT2D eigenvalue weighted by atomic mass is 10.1. The molecule has 2 heteroatoms. The maximum absolute atomic E-state index is 13.0. The van der Waals surface area contributed by atoms with Gasteiger partial charge in [-0.2, -0.15) is 0 Å². The van der Waals surface area contributed by atoms with E-state index >= 15 is 0 Å². The topological polar surface area (TPSA) is 17.1 Å². The van der Waals surface area contributed by atoms with E-state index in [-0.39, 0.29) is 12.2 Å². The molecule has 0 N–H and O–H groups in total. The van der Waals surface area contributed by atoms with Crippen LogP contribution in [0, 0.1) is 0 Å². The second kappa shape index (κ2) is 4.55. The molecule has 0 aliphatic rings. The Balaban J connectivity index is 2.65. The summed E-state index contributed by atoms with van der Waals surface area (Å²) in [5, 5.41) is 0. The minimum atomic E-state index is -0.390. The van der Waals surface area contributed by atoms with Crippen LogP contribution in [0.25, 0.3) is 0 Å². The van der Waals surface area contributed by atoms with Crippen molar-refractivity contribution in [2.24, 2.45) is 0 Å². The molecule has 0 saturated heterocycles. The van der Waals surface area contributed by atoms with Crippen molar-refractivity contribution < 1.29 is 9.18 Å². The molecule has 0 spiro atoms. The molecule has 1 rings (SSSR count). The van der Waals surface area contributed by atoms with Crippen LogP contribution in [0.15, 0.2) is 42.2 Å². The van der Waals surface area contributed by atoms with Crippen LogP contribution < -0.4 is 0 Å². The molecule has 1 aromatic carbocycles. The van der Waals surface area contributed by atoms with Crippen molar-refractivity contribution in [3.63, 3.8) is 0 Å². The highest BCUT2D eigenvalue weighted by Crippen LogP contribution is 2.08. The van der Waals surface area contributed by atoms with Crippen LogP contribution in [0.3, 0.4) is 0 Å². The van der Waals surface area contributed by atoms with Gasteiger partial charge in [0, 0.05) is 12.5 Å². The van der Waals surface area contributed by atoms with Crippen molar-refractivity contribution in [2.75, 3.05) is 0 Å². The Labute approximate surface area is 76.9 Å². The molecule has 0 atom stereocenters. The molecular weight excluding hydrogens is 167 g/mol. The molecule has 1 nitrogen and oxygen atoms in total. The summed E-state index contributed by atoms with van der Waals surface area (Å²) in [5.74, 6) is -0.646. The van der Waals surface area contributed by atoms with Crippen LogP contribution in [0.2, 0.25) is 0 Å². The molecule has 13 heavy (non-hydrogen) atoms. The first-order valence-corrected chi connectivity index (χ1v) is 4.09. The molecule has 0 aliphatic heterocycles. The van der Waals surface area contributed by atoms with Crippen molar-refractivity contribution >= 4 is 5.78 Å². The van der Waals surface area contributed by atoms with Gasteiger partial charge in [-0.15, -0.1) is 0 Å². The SMILES string of the molecule is CC(=O)/C=C(\F)Cc1ccccc1. The molecule has 0 radical (unpaired) electrons. The van der Waals surface area contributed by atoms with Crippen molar-refractivity contribution in [3.8, 4) is 0 Å². The quantitative estimate of drug-likeness (QED) is 0.650. The Morgan fingerprint density at radius 3 is 2.54 bits per heavy atom. The molecule has 0 aromatic heterocycles. The third-order valence-corrected chi connectivity index (χ3v) is 1.58. The van der Waals surface area contributed by atoms with Gasteiger partial charge in [-0.1, -0.05) is 30.3 Å². The first-order valence-electron chi connectivity index (χ1n) is 4.09. The monoisotopic (exact) mass is 178 g/mol. The normalized spacial score (nSPS) is 11.4. The molecule has 0 saturated carbocycles. The zero-order valence-electron chi connectivity index (χ0n) is 7.46. The fourth-order valence-corrected chi connectivity index (χ4v) is 1.06. The number of rotatable bonds is 3. The summed E-state index contributed by atoms with van der Waals surface area (Å²) in [6, 6.07) is 9.21. The van der Waals surface area contributed by atoms with E-state index in [1.807, 2.05) is 30.3 Å². The number of halogens is 1. The Kier molecular flexibility index (Phi) is 3.38. The number of ketones is 1. The number of hydrogen-bond acceptors (Lipinski definition) is 1. The summed E-state index contributed by atoms with van der Waals surface area (Å²) in [6.07, 6.45) is 1.22. The maximum atomic E-state index is 13.0. The summed E-state index contributed by atoms with van der Waals surface area (Å²) in [4.78, 5) is 10.5. The number of allylic oxidation sites excluding steroid dienone is 2. The Hall–Kier alpha value is -1.44. The van der Waals surface area contributed by atoms with Gasteiger partial charge in [0.2, 0.25) is 0 Å². The van der Waals surface area contributed by atoms with Crippen molar-refractivity contribution in [2.45, 2.75) is 13.3 Å². The minimum Gasteiger partial charge on any atom is -0.295 e. The van der Waals surface area contributed by atoms with Crippen LogP contribution in [0.4, 0.5) is 4.39 Å². The Morgan fingerprint density at radius 2 is 2.00 bits per heavy atom. The molecule has 0 bridgehead atoms. The van der Waals surface area contributed by atoms with E-state index in [4.69, 9.17) is 0 Å². The number of carbonyl (C=O) groups excluding carboxylic acids is 1. The summed E-state index contributed by atoms with van der Waals surface area (Å²) in [5.41, 5.74) is 0.873. The van der Waals surface area contributed by atoms with Crippen LogP contribution in [0.1, 0.15) is 12.5 Å². The van der Waals surface area contributed by atoms with Gasteiger partial charge in [-0.25, -0.2) is 4.39 Å². The smallest absolute Gasteiger partial charge is 0.155 e. The molecular formula is C11H11FO. The lowest BCUT2D eigenvalue weighted by Crippen LogP contribution is -1.89. The molecule has 68 valence electrons. The van der Waals surface area contributed by atoms with E-state index < -0.39 is 5.83 Å². The molecule has 0 fully saturated rings. The lowest BCUT2D eigenvalue weighted by Gasteiger charge is -1.96. The Bertz CT molecular complexity index is 314. The summed E-state index contributed by atoms with van der Waals surface area (Å²) >= 11 is 0. The predicted molar refractivity (Wildman–Crippen MR) is 50.0 cm³/mol. The highest BCUT2D eigenvalue weighted by molar-refractivity contribution is 5.87. The highest BCUT2D eigenvalue weighted by Gasteiger charge is 1.98. The van der Waals surface area contributed by atoms with Crippen LogP contribution in [0.5, 0.6) is 0 Å². The van der Waals surface area contributed by atoms with Gasteiger partial charge >= 0.3 is 0 Å². The average molecular weight is 178 g/mol. The fraction of sp³-hybridized carbons (Fsp3) is 0.182. The van der Waals surface area contributed by atoms with Crippen molar-refractivity contribution in [3.05, 3.63) is 47.8 Å². The number of carbonyl (C=O) groups is 1. The first-order chi connectivity index (χ1) is 6.18. The zero-order chi connectivity index (χ0) is 9.68.